The summed E-state index contributed by atoms with van der Waals surface area (Å²) >= 11 is 0. The predicted octanol–water partition coefficient (Wildman–Crippen LogP) is 4.17. The Hall–Kier alpha value is -2.69. The first-order valence-electron chi connectivity index (χ1n) is 9.43. The molecule has 0 saturated heterocycles. The van der Waals surface area contributed by atoms with E-state index in [9.17, 15) is 4.79 Å². The molecule has 142 valence electrons. The van der Waals surface area contributed by atoms with Gasteiger partial charge in [0.15, 0.2) is 17.3 Å². The van der Waals surface area contributed by atoms with E-state index in [0.717, 1.165) is 35.5 Å². The summed E-state index contributed by atoms with van der Waals surface area (Å²) in [5, 5.41) is 0. The van der Waals surface area contributed by atoms with E-state index >= 15 is 0 Å². The van der Waals surface area contributed by atoms with E-state index in [1.807, 2.05) is 37.3 Å². The molecular formula is C22H24O5. The van der Waals surface area contributed by atoms with Crippen LogP contribution in [0, 0.1) is 0 Å². The number of hydrogen-bond acceptors (Lipinski definition) is 5. The van der Waals surface area contributed by atoms with Gasteiger partial charge < -0.3 is 18.9 Å². The molecule has 0 spiro atoms. The van der Waals surface area contributed by atoms with E-state index < -0.39 is 0 Å². The lowest BCUT2D eigenvalue weighted by atomic mass is 9.83. The van der Waals surface area contributed by atoms with Crippen LogP contribution < -0.4 is 18.9 Å². The number of ketones is 1. The maximum absolute atomic E-state index is 13.4. The SMILES string of the molecule is CCCc1cc2c(cc1OC)O[C@@H](C)[C@@H](c1ccc3c(c1)OCCO3)C2=O. The minimum absolute atomic E-state index is 0.0698. The van der Waals surface area contributed by atoms with E-state index in [4.69, 9.17) is 18.9 Å². The summed E-state index contributed by atoms with van der Waals surface area (Å²) in [5.41, 5.74) is 2.54. The maximum atomic E-state index is 13.4. The van der Waals surface area contributed by atoms with Gasteiger partial charge in [-0.15, -0.1) is 0 Å². The van der Waals surface area contributed by atoms with E-state index in [1.54, 1.807) is 7.11 Å². The van der Waals surface area contributed by atoms with Crippen molar-refractivity contribution in [2.24, 2.45) is 0 Å². The van der Waals surface area contributed by atoms with Gasteiger partial charge in [0, 0.05) is 6.07 Å². The lowest BCUT2D eigenvalue weighted by Gasteiger charge is -2.32. The van der Waals surface area contributed by atoms with Crippen molar-refractivity contribution in [3.63, 3.8) is 0 Å². The number of benzene rings is 2. The Morgan fingerprint density at radius 3 is 2.59 bits per heavy atom. The van der Waals surface area contributed by atoms with Crippen LogP contribution in [0.5, 0.6) is 23.0 Å². The highest BCUT2D eigenvalue weighted by atomic mass is 16.6. The Morgan fingerprint density at radius 1 is 1.07 bits per heavy atom. The molecule has 0 radical (unpaired) electrons. The smallest absolute Gasteiger partial charge is 0.177 e. The van der Waals surface area contributed by atoms with Gasteiger partial charge in [-0.25, -0.2) is 0 Å². The minimum atomic E-state index is -0.379. The largest absolute Gasteiger partial charge is 0.496 e. The Labute approximate surface area is 159 Å². The van der Waals surface area contributed by atoms with Crippen LogP contribution in [0.25, 0.3) is 0 Å². The van der Waals surface area contributed by atoms with Gasteiger partial charge in [-0.3, -0.25) is 4.79 Å². The van der Waals surface area contributed by atoms with Crippen LogP contribution in [-0.2, 0) is 6.42 Å². The van der Waals surface area contributed by atoms with Crippen LogP contribution in [0.2, 0.25) is 0 Å². The predicted molar refractivity (Wildman–Crippen MR) is 102 cm³/mol. The summed E-state index contributed by atoms with van der Waals surface area (Å²) in [6.45, 7) is 5.10. The van der Waals surface area contributed by atoms with Crippen molar-refractivity contribution in [2.75, 3.05) is 20.3 Å². The quantitative estimate of drug-likeness (QED) is 0.811. The van der Waals surface area contributed by atoms with Crippen LogP contribution in [0.1, 0.15) is 47.7 Å². The molecule has 27 heavy (non-hydrogen) atoms. The fourth-order valence-corrected chi connectivity index (χ4v) is 3.88. The Bertz CT molecular complexity index is 873. The highest BCUT2D eigenvalue weighted by Gasteiger charge is 2.37. The second-order valence-corrected chi connectivity index (χ2v) is 6.98. The molecule has 4 rings (SSSR count). The Morgan fingerprint density at radius 2 is 1.85 bits per heavy atom. The summed E-state index contributed by atoms with van der Waals surface area (Å²) < 4.78 is 22.9. The normalized spacial score (nSPS) is 20.6. The van der Waals surface area contributed by atoms with Gasteiger partial charge >= 0.3 is 0 Å². The topological polar surface area (TPSA) is 54.0 Å². The molecular weight excluding hydrogens is 344 g/mol. The number of ether oxygens (including phenoxy) is 4. The first-order chi connectivity index (χ1) is 13.1. The van der Waals surface area contributed by atoms with Crippen molar-refractivity contribution in [1.29, 1.82) is 0 Å². The average Bonchev–Trinajstić information content (AvgIpc) is 2.68. The lowest BCUT2D eigenvalue weighted by molar-refractivity contribution is 0.0809. The van der Waals surface area contributed by atoms with Crippen LogP contribution >= 0.6 is 0 Å². The number of methoxy groups -OCH3 is 1. The zero-order valence-corrected chi connectivity index (χ0v) is 15.9. The molecule has 2 aliphatic heterocycles. The van der Waals surface area contributed by atoms with Crippen molar-refractivity contribution in [2.45, 2.75) is 38.7 Å². The number of fused-ring (bicyclic) bond motifs is 2. The molecule has 0 unspecified atom stereocenters. The molecule has 5 heteroatoms. The van der Waals surface area contributed by atoms with Gasteiger partial charge in [-0.05, 0) is 42.7 Å². The third-order valence-electron chi connectivity index (χ3n) is 5.16. The standard InChI is InChI=1S/C22H24O5/c1-4-5-14-10-16-19(12-18(14)24-3)27-13(2)21(22(16)23)15-6-7-17-20(11-15)26-9-8-25-17/h6-7,10-13,21H,4-5,8-9H2,1-3H3/t13-,21-/m0/s1. The van der Waals surface area contributed by atoms with Crippen molar-refractivity contribution < 1.29 is 23.7 Å². The summed E-state index contributed by atoms with van der Waals surface area (Å²) in [6.07, 6.45) is 1.55. The van der Waals surface area contributed by atoms with Gasteiger partial charge in [0.25, 0.3) is 0 Å². The zero-order valence-electron chi connectivity index (χ0n) is 15.9. The highest BCUT2D eigenvalue weighted by molar-refractivity contribution is 6.05. The molecule has 0 N–H and O–H groups in total. The third kappa shape index (κ3) is 3.11. The molecule has 5 nitrogen and oxygen atoms in total. The molecule has 0 saturated carbocycles. The van der Waals surface area contributed by atoms with Crippen LogP contribution in [-0.4, -0.2) is 32.2 Å². The Balaban J connectivity index is 1.73. The minimum Gasteiger partial charge on any atom is -0.496 e. The number of Topliss-reactive ketones (excluding diaryl/α,β-unsaturated/α-hetero) is 1. The summed E-state index contributed by atoms with van der Waals surface area (Å²) in [7, 11) is 1.65. The fraction of sp³-hybridized carbons (Fsp3) is 0.409. The molecule has 0 fully saturated rings. The number of carbonyl (C=O) groups is 1. The van der Waals surface area contributed by atoms with E-state index in [1.165, 1.54) is 0 Å². The highest BCUT2D eigenvalue weighted by Crippen LogP contribution is 2.42. The van der Waals surface area contributed by atoms with Crippen molar-refractivity contribution in [1.82, 2.24) is 0 Å². The number of rotatable bonds is 4. The van der Waals surface area contributed by atoms with Gasteiger partial charge in [0.05, 0.1) is 18.6 Å². The Kier molecular flexibility index (Phi) is 4.68. The summed E-state index contributed by atoms with van der Waals surface area (Å²) in [4.78, 5) is 13.4. The van der Waals surface area contributed by atoms with Crippen LogP contribution in [0.15, 0.2) is 30.3 Å². The number of aryl methyl sites for hydroxylation is 1. The van der Waals surface area contributed by atoms with Gasteiger partial charge in [0.1, 0.15) is 30.8 Å². The van der Waals surface area contributed by atoms with Crippen molar-refractivity contribution in [3.05, 3.63) is 47.0 Å². The van der Waals surface area contributed by atoms with Gasteiger partial charge in [0.2, 0.25) is 0 Å². The second kappa shape index (κ2) is 7.14. The van der Waals surface area contributed by atoms with Gasteiger partial charge in [-0.1, -0.05) is 19.4 Å². The fourth-order valence-electron chi connectivity index (χ4n) is 3.88. The molecule has 0 amide bonds. The van der Waals surface area contributed by atoms with Crippen molar-refractivity contribution >= 4 is 5.78 Å². The third-order valence-corrected chi connectivity index (χ3v) is 5.16. The summed E-state index contributed by atoms with van der Waals surface area (Å²) in [6, 6.07) is 9.47. The second-order valence-electron chi connectivity index (χ2n) is 6.98. The number of hydrogen-bond donors (Lipinski definition) is 0. The van der Waals surface area contributed by atoms with Crippen molar-refractivity contribution in [3.8, 4) is 23.0 Å². The van der Waals surface area contributed by atoms with E-state index in [0.29, 0.717) is 30.3 Å². The molecule has 2 aliphatic rings. The van der Waals surface area contributed by atoms with Crippen LogP contribution in [0.3, 0.4) is 0 Å². The zero-order chi connectivity index (χ0) is 19.0. The molecule has 2 aromatic rings. The maximum Gasteiger partial charge on any atom is 0.177 e. The molecule has 2 atom stereocenters. The average molecular weight is 368 g/mol. The van der Waals surface area contributed by atoms with E-state index in [2.05, 4.69) is 6.92 Å². The molecule has 2 aromatic carbocycles. The monoisotopic (exact) mass is 368 g/mol. The molecule has 0 aromatic heterocycles. The lowest BCUT2D eigenvalue weighted by Crippen LogP contribution is -2.34. The molecule has 0 bridgehead atoms. The first kappa shape index (κ1) is 17.7. The van der Waals surface area contributed by atoms with E-state index in [-0.39, 0.29) is 17.8 Å². The summed E-state index contributed by atoms with van der Waals surface area (Å²) in [5.74, 6) is 2.46. The molecule has 2 heterocycles. The first-order valence-corrected chi connectivity index (χ1v) is 9.43. The number of carbonyl (C=O) groups excluding carboxylic acids is 1. The molecule has 0 aliphatic carbocycles. The van der Waals surface area contributed by atoms with Gasteiger partial charge in [-0.2, -0.15) is 0 Å². The van der Waals surface area contributed by atoms with Crippen LogP contribution in [0.4, 0.5) is 0 Å².